The summed E-state index contributed by atoms with van der Waals surface area (Å²) in [6.07, 6.45) is 0.831. The van der Waals surface area contributed by atoms with Crippen LogP contribution in [0.2, 0.25) is 0 Å². The molecule has 0 radical (unpaired) electrons. The second-order valence-corrected chi connectivity index (χ2v) is 8.08. The van der Waals surface area contributed by atoms with Crippen molar-refractivity contribution >= 4 is 29.1 Å². The molecule has 1 saturated heterocycles. The zero-order valence-electron chi connectivity index (χ0n) is 19.6. The third-order valence-corrected chi connectivity index (χ3v) is 5.89. The Morgan fingerprint density at radius 2 is 1.51 bits per heavy atom. The summed E-state index contributed by atoms with van der Waals surface area (Å²) in [5.41, 5.74) is 2.55. The first kappa shape index (κ1) is 23.8. The van der Waals surface area contributed by atoms with Gasteiger partial charge in [0.1, 0.15) is 17.3 Å². The number of benzene rings is 3. The molecule has 1 aliphatic rings. The number of hydrogen-bond donors (Lipinski definition) is 1. The largest absolute Gasteiger partial charge is 0.507 e. The van der Waals surface area contributed by atoms with Crippen molar-refractivity contribution in [3.63, 3.8) is 0 Å². The third kappa shape index (κ3) is 4.66. The maximum atomic E-state index is 13.2. The van der Waals surface area contributed by atoms with Crippen LogP contribution in [-0.2, 0) is 20.8 Å². The van der Waals surface area contributed by atoms with Gasteiger partial charge < -0.3 is 14.6 Å². The Morgan fingerprint density at radius 1 is 0.914 bits per heavy atom. The second kappa shape index (κ2) is 9.85. The molecule has 1 fully saturated rings. The van der Waals surface area contributed by atoms with Gasteiger partial charge >= 0.3 is 5.97 Å². The van der Waals surface area contributed by atoms with E-state index in [2.05, 4.69) is 0 Å². The van der Waals surface area contributed by atoms with Crippen LogP contribution in [0.3, 0.4) is 0 Å². The van der Waals surface area contributed by atoms with Gasteiger partial charge in [-0.15, -0.1) is 0 Å². The van der Waals surface area contributed by atoms with E-state index < -0.39 is 23.7 Å². The first-order chi connectivity index (χ1) is 16.8. The number of esters is 1. The number of methoxy groups -OCH3 is 1. The van der Waals surface area contributed by atoms with Crippen LogP contribution in [0, 0.1) is 0 Å². The molecule has 1 atom stereocenters. The predicted molar refractivity (Wildman–Crippen MR) is 131 cm³/mol. The molecule has 178 valence electrons. The Kier molecular flexibility index (Phi) is 6.68. The van der Waals surface area contributed by atoms with E-state index in [9.17, 15) is 19.5 Å². The molecule has 1 heterocycles. The van der Waals surface area contributed by atoms with E-state index in [4.69, 9.17) is 9.47 Å². The van der Waals surface area contributed by atoms with Crippen LogP contribution in [0.15, 0.2) is 78.4 Å². The fourth-order valence-corrected chi connectivity index (χ4v) is 4.10. The number of ether oxygens (including phenoxy) is 2. The van der Waals surface area contributed by atoms with Gasteiger partial charge in [0.2, 0.25) is 0 Å². The standard InChI is InChI=1S/C28H25NO6/c1-4-18-5-7-20(8-6-18)26(31)24-25(19-9-13-23(14-10-19)35-17(2)30)29(28(33)27(24)32)21-11-15-22(34-3)16-12-21/h5-16,25,31H,4H2,1-3H3/b26-24+. The average Bonchev–Trinajstić information content (AvgIpc) is 3.14. The van der Waals surface area contributed by atoms with Gasteiger partial charge in [0.25, 0.3) is 11.7 Å². The third-order valence-electron chi connectivity index (χ3n) is 5.89. The van der Waals surface area contributed by atoms with Crippen LogP contribution in [0.1, 0.15) is 36.6 Å². The number of rotatable bonds is 6. The average molecular weight is 472 g/mol. The maximum absolute atomic E-state index is 13.2. The number of carbonyl (C=O) groups is 3. The van der Waals surface area contributed by atoms with E-state index in [-0.39, 0.29) is 11.3 Å². The van der Waals surface area contributed by atoms with Crippen LogP contribution in [0.25, 0.3) is 5.76 Å². The van der Waals surface area contributed by atoms with Crippen LogP contribution in [0.5, 0.6) is 11.5 Å². The summed E-state index contributed by atoms with van der Waals surface area (Å²) < 4.78 is 10.3. The minimum Gasteiger partial charge on any atom is -0.507 e. The second-order valence-electron chi connectivity index (χ2n) is 8.08. The Balaban J connectivity index is 1.86. The number of aliphatic hydroxyl groups is 1. The lowest BCUT2D eigenvalue weighted by atomic mass is 9.94. The number of ketones is 1. The number of aliphatic hydroxyl groups excluding tert-OH is 1. The summed E-state index contributed by atoms with van der Waals surface area (Å²) in [6.45, 7) is 3.32. The Hall–Kier alpha value is -4.39. The highest BCUT2D eigenvalue weighted by molar-refractivity contribution is 6.51. The molecule has 0 spiro atoms. The molecule has 1 amide bonds. The zero-order valence-corrected chi connectivity index (χ0v) is 19.6. The van der Waals surface area contributed by atoms with Gasteiger partial charge in [-0.1, -0.05) is 43.3 Å². The van der Waals surface area contributed by atoms with Gasteiger partial charge in [-0.25, -0.2) is 0 Å². The highest BCUT2D eigenvalue weighted by atomic mass is 16.5. The molecule has 3 aromatic carbocycles. The number of Topliss-reactive ketones (excluding diaryl/α,β-unsaturated/α-hetero) is 1. The Morgan fingerprint density at radius 3 is 2.06 bits per heavy atom. The van der Waals surface area contributed by atoms with E-state index in [0.717, 1.165) is 12.0 Å². The normalized spacial score (nSPS) is 16.9. The van der Waals surface area contributed by atoms with Crippen LogP contribution >= 0.6 is 0 Å². The molecule has 7 heteroatoms. The van der Waals surface area contributed by atoms with E-state index in [0.29, 0.717) is 28.3 Å². The Bertz CT molecular complexity index is 1290. The molecule has 35 heavy (non-hydrogen) atoms. The molecule has 1 N–H and O–H groups in total. The van der Waals surface area contributed by atoms with Crippen molar-refractivity contribution in [2.24, 2.45) is 0 Å². The lowest BCUT2D eigenvalue weighted by molar-refractivity contribution is -0.132. The molecule has 0 aromatic heterocycles. The van der Waals surface area contributed by atoms with Crippen molar-refractivity contribution in [3.8, 4) is 11.5 Å². The van der Waals surface area contributed by atoms with E-state index >= 15 is 0 Å². The first-order valence-corrected chi connectivity index (χ1v) is 11.2. The van der Waals surface area contributed by atoms with Crippen molar-refractivity contribution in [1.82, 2.24) is 0 Å². The van der Waals surface area contributed by atoms with Gasteiger partial charge in [-0.05, 0) is 53.9 Å². The monoisotopic (exact) mass is 471 g/mol. The van der Waals surface area contributed by atoms with Gasteiger partial charge in [-0.3, -0.25) is 19.3 Å². The van der Waals surface area contributed by atoms with Gasteiger partial charge in [-0.2, -0.15) is 0 Å². The highest BCUT2D eigenvalue weighted by Crippen LogP contribution is 2.42. The summed E-state index contributed by atoms with van der Waals surface area (Å²) in [6, 6.07) is 19.6. The van der Waals surface area contributed by atoms with Gasteiger partial charge in [0.15, 0.2) is 0 Å². The van der Waals surface area contributed by atoms with Crippen molar-refractivity contribution in [2.45, 2.75) is 26.3 Å². The van der Waals surface area contributed by atoms with Crippen molar-refractivity contribution in [1.29, 1.82) is 0 Å². The lowest BCUT2D eigenvalue weighted by Crippen LogP contribution is -2.29. The summed E-state index contributed by atoms with van der Waals surface area (Å²) in [5, 5.41) is 11.2. The molecule has 7 nitrogen and oxygen atoms in total. The summed E-state index contributed by atoms with van der Waals surface area (Å²) in [5.74, 6) is -1.32. The van der Waals surface area contributed by atoms with Crippen LogP contribution in [-0.4, -0.2) is 29.9 Å². The van der Waals surface area contributed by atoms with E-state index in [1.807, 2.05) is 19.1 Å². The van der Waals surface area contributed by atoms with Gasteiger partial charge in [0.05, 0.1) is 18.7 Å². The van der Waals surface area contributed by atoms with Gasteiger partial charge in [0, 0.05) is 18.2 Å². The number of aryl methyl sites for hydroxylation is 1. The first-order valence-electron chi connectivity index (χ1n) is 11.2. The summed E-state index contributed by atoms with van der Waals surface area (Å²) in [4.78, 5) is 39.1. The fraction of sp³-hybridized carbons (Fsp3) is 0.179. The highest BCUT2D eigenvalue weighted by Gasteiger charge is 2.47. The minimum atomic E-state index is -0.888. The lowest BCUT2D eigenvalue weighted by Gasteiger charge is -2.25. The summed E-state index contributed by atoms with van der Waals surface area (Å²) in [7, 11) is 1.54. The molecule has 3 aromatic rings. The molecule has 0 bridgehead atoms. The predicted octanol–water partition coefficient (Wildman–Crippen LogP) is 4.81. The zero-order chi connectivity index (χ0) is 25.1. The number of hydrogen-bond acceptors (Lipinski definition) is 6. The number of carbonyl (C=O) groups excluding carboxylic acids is 3. The van der Waals surface area contributed by atoms with Crippen LogP contribution in [0.4, 0.5) is 5.69 Å². The van der Waals surface area contributed by atoms with Crippen molar-refractivity contribution < 1.29 is 29.0 Å². The number of nitrogens with zero attached hydrogens (tertiary/aromatic N) is 1. The quantitative estimate of drug-likeness (QED) is 0.182. The maximum Gasteiger partial charge on any atom is 0.308 e. The fourth-order valence-electron chi connectivity index (χ4n) is 4.10. The van der Waals surface area contributed by atoms with Crippen LogP contribution < -0.4 is 14.4 Å². The molecular formula is C28H25NO6. The van der Waals surface area contributed by atoms with Crippen molar-refractivity contribution in [2.75, 3.05) is 12.0 Å². The SMILES string of the molecule is CCc1ccc(/C(O)=C2\C(=O)C(=O)N(c3ccc(OC)cc3)C2c2ccc(OC(C)=O)cc2)cc1. The van der Waals surface area contributed by atoms with Crippen molar-refractivity contribution in [3.05, 3.63) is 95.1 Å². The molecule has 1 unspecified atom stereocenters. The number of amides is 1. The topological polar surface area (TPSA) is 93.1 Å². The summed E-state index contributed by atoms with van der Waals surface area (Å²) >= 11 is 0. The molecular weight excluding hydrogens is 446 g/mol. The number of anilines is 1. The Labute approximate surface area is 203 Å². The molecule has 0 aliphatic carbocycles. The molecule has 1 aliphatic heterocycles. The molecule has 0 saturated carbocycles. The molecule has 4 rings (SSSR count). The van der Waals surface area contributed by atoms with E-state index in [1.165, 1.54) is 18.9 Å². The minimum absolute atomic E-state index is 0.0182. The van der Waals surface area contributed by atoms with E-state index in [1.54, 1.807) is 60.7 Å². The smallest absolute Gasteiger partial charge is 0.308 e.